The van der Waals surface area contributed by atoms with E-state index in [0.717, 1.165) is 6.54 Å². The molecule has 0 radical (unpaired) electrons. The molecule has 1 nitrogen and oxygen atoms in total. The van der Waals surface area contributed by atoms with Crippen LogP contribution in [0.4, 0.5) is 0 Å². The van der Waals surface area contributed by atoms with E-state index >= 15 is 0 Å². The second-order valence-electron chi connectivity index (χ2n) is 7.82. The van der Waals surface area contributed by atoms with Gasteiger partial charge in [0.25, 0.3) is 0 Å². The van der Waals surface area contributed by atoms with Crippen LogP contribution in [-0.4, -0.2) is 12.6 Å². The van der Waals surface area contributed by atoms with E-state index in [-0.39, 0.29) is 1.43 Å². The molecule has 1 N–H and O–H groups in total. The molecule has 0 aliphatic carbocycles. The van der Waals surface area contributed by atoms with Crippen molar-refractivity contribution >= 4 is 0 Å². The summed E-state index contributed by atoms with van der Waals surface area (Å²) in [6.45, 7) is 10.2. The molecule has 1 heterocycles. The Morgan fingerprint density at radius 2 is 1.17 bits per heavy atom. The van der Waals surface area contributed by atoms with Crippen molar-refractivity contribution in [3.63, 3.8) is 0 Å². The summed E-state index contributed by atoms with van der Waals surface area (Å²) in [6, 6.07) is 19.2. The van der Waals surface area contributed by atoms with E-state index in [0.29, 0.717) is 23.8 Å². The highest BCUT2D eigenvalue weighted by atomic mass is 14.9. The lowest BCUT2D eigenvalue weighted by Crippen LogP contribution is -2.29. The Morgan fingerprint density at radius 3 is 1.50 bits per heavy atom. The Morgan fingerprint density at radius 1 is 0.750 bits per heavy atom. The largest absolute Gasteiger partial charge is 0.313 e. The second kappa shape index (κ2) is 7.53. The lowest BCUT2D eigenvalue weighted by atomic mass is 9.83. The smallest absolute Gasteiger partial charge is 0.0243 e. The minimum atomic E-state index is 0. The molecule has 1 aliphatic rings. The number of hydrogen-bond acceptors (Lipinski definition) is 1. The van der Waals surface area contributed by atoms with E-state index in [1.54, 1.807) is 0 Å². The van der Waals surface area contributed by atoms with Gasteiger partial charge in [0.05, 0.1) is 0 Å². The Kier molecular flexibility index (Phi) is 5.40. The van der Waals surface area contributed by atoms with Gasteiger partial charge in [0.1, 0.15) is 0 Å². The molecule has 0 spiro atoms. The van der Waals surface area contributed by atoms with Crippen LogP contribution in [0.25, 0.3) is 0 Å². The summed E-state index contributed by atoms with van der Waals surface area (Å²) < 4.78 is 0. The van der Waals surface area contributed by atoms with E-state index < -0.39 is 0 Å². The van der Waals surface area contributed by atoms with Gasteiger partial charge in [-0.15, -0.1) is 0 Å². The average molecular weight is 324 g/mol. The van der Waals surface area contributed by atoms with Gasteiger partial charge < -0.3 is 5.32 Å². The van der Waals surface area contributed by atoms with Crippen molar-refractivity contribution in [2.45, 2.75) is 64.3 Å². The van der Waals surface area contributed by atoms with Crippen LogP contribution >= 0.6 is 0 Å². The predicted octanol–water partition coefficient (Wildman–Crippen LogP) is 6.06. The molecule has 0 bridgehead atoms. The van der Waals surface area contributed by atoms with Crippen LogP contribution in [0, 0.1) is 0 Å². The first-order valence-electron chi connectivity index (χ1n) is 9.49. The molecule has 0 amide bonds. The topological polar surface area (TPSA) is 12.0 Å². The van der Waals surface area contributed by atoms with Crippen LogP contribution in [-0.2, 0) is 0 Å². The monoisotopic (exact) mass is 323 g/mol. The van der Waals surface area contributed by atoms with Crippen molar-refractivity contribution in [2.24, 2.45) is 0 Å². The highest BCUT2D eigenvalue weighted by molar-refractivity contribution is 5.38. The molecule has 0 unspecified atom stereocenters. The third-order valence-corrected chi connectivity index (χ3v) is 5.43. The van der Waals surface area contributed by atoms with E-state index in [1.807, 2.05) is 0 Å². The van der Waals surface area contributed by atoms with E-state index in [1.165, 1.54) is 35.1 Å². The molecule has 1 heteroatoms. The molecule has 0 saturated carbocycles. The molecule has 3 rings (SSSR count). The molecule has 2 aromatic carbocycles. The lowest BCUT2D eigenvalue weighted by Gasteiger charge is -2.26. The highest BCUT2D eigenvalue weighted by Gasteiger charge is 2.27. The maximum atomic E-state index is 3.73. The van der Waals surface area contributed by atoms with Crippen molar-refractivity contribution in [1.29, 1.82) is 0 Å². The first-order chi connectivity index (χ1) is 11.6. The van der Waals surface area contributed by atoms with Crippen LogP contribution in [0.3, 0.4) is 0 Å². The van der Waals surface area contributed by atoms with Crippen molar-refractivity contribution in [3.05, 3.63) is 70.8 Å². The van der Waals surface area contributed by atoms with Gasteiger partial charge in [0.2, 0.25) is 0 Å². The fourth-order valence-corrected chi connectivity index (χ4v) is 3.83. The van der Waals surface area contributed by atoms with Crippen LogP contribution in [0.2, 0.25) is 0 Å². The average Bonchev–Trinajstić information content (AvgIpc) is 3.10. The van der Waals surface area contributed by atoms with Crippen LogP contribution in [0.1, 0.15) is 82.0 Å². The summed E-state index contributed by atoms with van der Waals surface area (Å²) in [5.41, 5.74) is 5.73. The zero-order valence-electron chi connectivity index (χ0n) is 15.5. The molecule has 1 aliphatic heterocycles. The SMILES string of the molecule is CC(C)c1ccc(C(c2ccc(C(C)C)cc2)[C@H]2CCCN2)cc1.[HH]. The number of nitrogens with one attached hydrogen (secondary N) is 1. The van der Waals surface area contributed by atoms with E-state index in [9.17, 15) is 0 Å². The van der Waals surface area contributed by atoms with Crippen molar-refractivity contribution in [3.8, 4) is 0 Å². The zero-order valence-corrected chi connectivity index (χ0v) is 15.5. The quantitative estimate of drug-likeness (QED) is 0.705. The Hall–Kier alpha value is -1.60. The van der Waals surface area contributed by atoms with Gasteiger partial charge in [-0.05, 0) is 53.5 Å². The van der Waals surface area contributed by atoms with Crippen molar-refractivity contribution in [1.82, 2.24) is 5.32 Å². The molecular weight excluding hydrogens is 290 g/mol. The fourth-order valence-electron chi connectivity index (χ4n) is 3.83. The Balaban J connectivity index is 0.00000225. The van der Waals surface area contributed by atoms with Crippen LogP contribution in [0.5, 0.6) is 0 Å². The first kappa shape index (κ1) is 17.2. The molecule has 0 aromatic heterocycles. The number of hydrogen-bond donors (Lipinski definition) is 1. The van der Waals surface area contributed by atoms with Gasteiger partial charge in [-0.25, -0.2) is 0 Å². The van der Waals surface area contributed by atoms with Gasteiger partial charge in [-0.3, -0.25) is 0 Å². The first-order valence-corrected chi connectivity index (χ1v) is 9.49. The van der Waals surface area contributed by atoms with Gasteiger partial charge in [0, 0.05) is 13.4 Å². The van der Waals surface area contributed by atoms with Crippen molar-refractivity contribution in [2.75, 3.05) is 6.54 Å². The Bertz CT molecular complexity index is 585. The molecular formula is C23H33N. The Labute approximate surface area is 149 Å². The van der Waals surface area contributed by atoms with Gasteiger partial charge >= 0.3 is 0 Å². The van der Waals surface area contributed by atoms with Crippen LogP contribution in [0.15, 0.2) is 48.5 Å². The summed E-state index contributed by atoms with van der Waals surface area (Å²) in [7, 11) is 0. The minimum Gasteiger partial charge on any atom is -0.313 e. The van der Waals surface area contributed by atoms with Gasteiger partial charge in [-0.2, -0.15) is 0 Å². The second-order valence-corrected chi connectivity index (χ2v) is 7.82. The fraction of sp³-hybridized carbons (Fsp3) is 0.478. The number of benzene rings is 2. The van der Waals surface area contributed by atoms with Gasteiger partial charge in [-0.1, -0.05) is 76.2 Å². The summed E-state index contributed by atoms with van der Waals surface area (Å²) in [5.74, 6) is 1.63. The lowest BCUT2D eigenvalue weighted by molar-refractivity contribution is 0.540. The van der Waals surface area contributed by atoms with Gasteiger partial charge in [0.15, 0.2) is 0 Å². The highest BCUT2D eigenvalue weighted by Crippen LogP contribution is 2.33. The minimum absolute atomic E-state index is 0. The summed E-state index contributed by atoms with van der Waals surface area (Å²) in [4.78, 5) is 0. The molecule has 2 aromatic rings. The molecule has 24 heavy (non-hydrogen) atoms. The van der Waals surface area contributed by atoms with E-state index in [2.05, 4.69) is 81.5 Å². The maximum absolute atomic E-state index is 3.73. The molecule has 1 fully saturated rings. The van der Waals surface area contributed by atoms with E-state index in [4.69, 9.17) is 0 Å². The van der Waals surface area contributed by atoms with Crippen LogP contribution < -0.4 is 5.32 Å². The third-order valence-electron chi connectivity index (χ3n) is 5.43. The normalized spacial score (nSPS) is 18.0. The maximum Gasteiger partial charge on any atom is 0.0243 e. The number of rotatable bonds is 5. The zero-order chi connectivity index (χ0) is 17.1. The molecule has 1 saturated heterocycles. The predicted molar refractivity (Wildman–Crippen MR) is 106 cm³/mol. The standard InChI is InChI=1S/C23H31N.H2/c1-16(2)18-7-11-20(12-8-18)23(22-6-5-15-24-22)21-13-9-19(10-14-21)17(3)4;/h7-14,16-17,22-24H,5-6,15H2,1-4H3;1H/t22-;/m1./s1. The summed E-state index contributed by atoms with van der Waals surface area (Å²) in [6.07, 6.45) is 2.55. The van der Waals surface area contributed by atoms with Crippen molar-refractivity contribution < 1.29 is 1.43 Å². The summed E-state index contributed by atoms with van der Waals surface area (Å²) >= 11 is 0. The molecule has 1 atom stereocenters. The third kappa shape index (κ3) is 3.72. The summed E-state index contributed by atoms with van der Waals surface area (Å²) in [5, 5.41) is 3.73. The molecule has 130 valence electrons.